The molecule has 8 heteroatoms. The van der Waals surface area contributed by atoms with E-state index in [1.165, 1.54) is 98.2 Å². The zero-order chi connectivity index (χ0) is 80.6. The van der Waals surface area contributed by atoms with Gasteiger partial charge in [-0.15, -0.1) is 0 Å². The summed E-state index contributed by atoms with van der Waals surface area (Å²) in [6.45, 7) is 0. The van der Waals surface area contributed by atoms with E-state index in [2.05, 4.69) is 373 Å². The van der Waals surface area contributed by atoms with Crippen molar-refractivity contribution in [3.05, 3.63) is 437 Å². The van der Waals surface area contributed by atoms with Gasteiger partial charge in [0.25, 0.3) is 0 Å². The average molecular weight is 1550 g/mol. The summed E-state index contributed by atoms with van der Waals surface area (Å²) in [5.41, 5.74) is 21.8. The first-order chi connectivity index (χ1) is 60.5. The lowest BCUT2D eigenvalue weighted by atomic mass is 9.88. The third kappa shape index (κ3) is 12.5. The zero-order valence-corrected chi connectivity index (χ0v) is 66.1. The van der Waals surface area contributed by atoms with E-state index in [4.69, 9.17) is 29.9 Å². The van der Waals surface area contributed by atoms with E-state index in [-0.39, 0.29) is 0 Å². The van der Waals surface area contributed by atoms with E-state index in [9.17, 15) is 0 Å². The van der Waals surface area contributed by atoms with Crippen molar-refractivity contribution < 1.29 is 0 Å². The van der Waals surface area contributed by atoms with Crippen LogP contribution in [0.5, 0.6) is 0 Å². The van der Waals surface area contributed by atoms with Gasteiger partial charge >= 0.3 is 0 Å². The second kappa shape index (κ2) is 29.9. The second-order valence-electron chi connectivity index (χ2n) is 31.1. The molecule has 0 aliphatic carbocycles. The van der Waals surface area contributed by atoms with E-state index in [0.717, 1.165) is 99.3 Å². The molecule has 0 radical (unpaired) electrons. The van der Waals surface area contributed by atoms with Crippen LogP contribution in [0.2, 0.25) is 0 Å². The van der Waals surface area contributed by atoms with Crippen molar-refractivity contribution in [3.63, 3.8) is 0 Å². The van der Waals surface area contributed by atoms with Gasteiger partial charge in [-0.3, -0.25) is 0 Å². The van der Waals surface area contributed by atoms with Gasteiger partial charge in [-0.25, -0.2) is 29.9 Å². The average Bonchev–Trinajstić information content (AvgIpc) is 1.17. The molecule has 0 amide bonds. The van der Waals surface area contributed by atoms with Gasteiger partial charge in [0.05, 0.1) is 22.1 Å². The third-order valence-corrected chi connectivity index (χ3v) is 24.0. The Kier molecular flexibility index (Phi) is 17.4. The van der Waals surface area contributed by atoms with Crippen LogP contribution in [0.25, 0.3) is 232 Å². The normalized spacial score (nSPS) is 11.6. The molecule has 24 rings (SSSR count). The van der Waals surface area contributed by atoms with Crippen LogP contribution in [0.4, 0.5) is 0 Å². The van der Waals surface area contributed by atoms with E-state index in [0.29, 0.717) is 34.9 Å². The van der Waals surface area contributed by atoms with Gasteiger partial charge in [-0.2, -0.15) is 0 Å². The molecule has 24 aromatic rings. The van der Waals surface area contributed by atoms with Crippen LogP contribution in [0.3, 0.4) is 0 Å². The Labute approximate surface area is 703 Å². The summed E-state index contributed by atoms with van der Waals surface area (Å²) in [5, 5.41) is 19.0. The summed E-state index contributed by atoms with van der Waals surface area (Å²) >= 11 is 0. The standard InChI is InChI=1S/2C57H36N4/c1-4-17-37(18-5-1)41-31-32-48-47-28-14-15-30-52(47)61(53(48)36-41)43-24-16-23-40(33-43)42-34-50-46-27-11-10-25-44(46)45-26-12-13-29-49(45)54(50)51(35-42)57-59-55(38-19-6-2-7-20-38)58-56(60-57)39-21-8-3-9-22-39;1-4-16-37(17-5-1)41-30-33-53-49(34-41)47-25-14-15-27-52(47)61(53)43-31-28-38(29-32-43)42-35-50-46-24-11-10-22-44(46)45-23-12-13-26-48(45)54(50)51(36-42)57-59-55(39-18-6-2-7-19-39)58-56(60-57)40-20-8-3-9-21-40/h2*1-36H. The molecule has 0 fully saturated rings. The molecule has 4 aromatic heterocycles. The van der Waals surface area contributed by atoms with Crippen molar-refractivity contribution in [2.75, 3.05) is 0 Å². The molecule has 0 saturated carbocycles. The van der Waals surface area contributed by atoms with Gasteiger partial charge in [0.1, 0.15) is 0 Å². The number of hydrogen-bond donors (Lipinski definition) is 0. The number of para-hydroxylation sites is 2. The first-order valence-corrected chi connectivity index (χ1v) is 41.4. The lowest BCUT2D eigenvalue weighted by molar-refractivity contribution is 1.08. The molecule has 0 atom stereocenters. The molecule has 568 valence electrons. The number of rotatable bonds is 12. The molecule has 8 nitrogen and oxygen atoms in total. The highest BCUT2D eigenvalue weighted by molar-refractivity contribution is 6.30. The summed E-state index contributed by atoms with van der Waals surface area (Å²) in [7, 11) is 0. The number of hydrogen-bond acceptors (Lipinski definition) is 6. The fraction of sp³-hybridized carbons (Fsp3) is 0. The summed E-state index contributed by atoms with van der Waals surface area (Å²) in [6.07, 6.45) is 0. The second-order valence-corrected chi connectivity index (χ2v) is 31.1. The van der Waals surface area contributed by atoms with Gasteiger partial charge in [0, 0.05) is 77.1 Å². The minimum absolute atomic E-state index is 0.631. The molecule has 20 aromatic carbocycles. The SMILES string of the molecule is c1ccc(-c2ccc3c(c2)c2ccccc2n3-c2ccc(-c3cc(-c4nc(-c5ccccc5)nc(-c5ccccc5)n4)c4c5ccccc5c5ccccc5c4c3)cc2)cc1.c1ccc(-c2ccc3c4ccccc4n(-c4cccc(-c5cc(-c6nc(-c7ccccc7)nc(-c7ccccc7)n6)c6c7ccccc7c7ccccc7c6c5)c4)c3c2)cc1. The Morgan fingerprint density at radius 1 is 0.131 bits per heavy atom. The molecule has 122 heavy (non-hydrogen) atoms. The van der Waals surface area contributed by atoms with Crippen LogP contribution in [0.1, 0.15) is 0 Å². The molecule has 0 saturated heterocycles. The van der Waals surface area contributed by atoms with Crippen LogP contribution >= 0.6 is 0 Å². The quantitative estimate of drug-likeness (QED) is 0.113. The third-order valence-electron chi connectivity index (χ3n) is 24.0. The van der Waals surface area contributed by atoms with E-state index in [1.807, 2.05) is 72.8 Å². The minimum Gasteiger partial charge on any atom is -0.309 e. The number of aromatic nitrogens is 8. The lowest BCUT2D eigenvalue weighted by Crippen LogP contribution is -2.01. The number of benzene rings is 20. The van der Waals surface area contributed by atoms with Gasteiger partial charge in [-0.1, -0.05) is 358 Å². The van der Waals surface area contributed by atoms with Gasteiger partial charge in [0.2, 0.25) is 0 Å². The van der Waals surface area contributed by atoms with Crippen molar-refractivity contribution in [2.45, 2.75) is 0 Å². The Hall–Kier alpha value is -16.4. The van der Waals surface area contributed by atoms with Crippen molar-refractivity contribution in [1.29, 1.82) is 0 Å². The molecule has 0 bridgehead atoms. The van der Waals surface area contributed by atoms with Crippen molar-refractivity contribution in [2.24, 2.45) is 0 Å². The van der Waals surface area contributed by atoms with Gasteiger partial charge in [-0.05, 0) is 177 Å². The Morgan fingerprint density at radius 3 is 0.852 bits per heavy atom. The molecular formula is C114H72N8. The van der Waals surface area contributed by atoms with Crippen molar-refractivity contribution in [3.8, 4) is 124 Å². The van der Waals surface area contributed by atoms with Crippen LogP contribution < -0.4 is 0 Å². The lowest BCUT2D eigenvalue weighted by Gasteiger charge is -2.17. The largest absolute Gasteiger partial charge is 0.309 e. The van der Waals surface area contributed by atoms with Crippen LogP contribution in [0, 0.1) is 0 Å². The molecule has 0 N–H and O–H groups in total. The smallest absolute Gasteiger partial charge is 0.164 e. The van der Waals surface area contributed by atoms with Crippen LogP contribution in [-0.4, -0.2) is 39.0 Å². The zero-order valence-electron chi connectivity index (χ0n) is 66.1. The van der Waals surface area contributed by atoms with Crippen LogP contribution in [-0.2, 0) is 0 Å². The Morgan fingerprint density at radius 2 is 0.410 bits per heavy atom. The predicted octanol–water partition coefficient (Wildman–Crippen LogP) is 29.5. The summed E-state index contributed by atoms with van der Waals surface area (Å²) in [4.78, 5) is 31.3. The fourth-order valence-corrected chi connectivity index (χ4v) is 18.4. The van der Waals surface area contributed by atoms with Gasteiger partial charge in [0.15, 0.2) is 34.9 Å². The maximum atomic E-state index is 5.30. The van der Waals surface area contributed by atoms with E-state index in [1.54, 1.807) is 0 Å². The Bertz CT molecular complexity index is 8100. The highest BCUT2D eigenvalue weighted by atomic mass is 15.0. The van der Waals surface area contributed by atoms with Crippen LogP contribution in [0.15, 0.2) is 437 Å². The predicted molar refractivity (Wildman–Crippen MR) is 508 cm³/mol. The number of fused-ring (bicyclic) bond motifs is 18. The molecule has 4 heterocycles. The maximum absolute atomic E-state index is 5.30. The highest BCUT2D eigenvalue weighted by Crippen LogP contribution is 2.47. The maximum Gasteiger partial charge on any atom is 0.164 e. The first-order valence-electron chi connectivity index (χ1n) is 41.4. The summed E-state index contributed by atoms with van der Waals surface area (Å²) < 4.78 is 4.80. The molecular weight excluding hydrogens is 1480 g/mol. The summed E-state index contributed by atoms with van der Waals surface area (Å²) in [6, 6.07) is 155. The van der Waals surface area contributed by atoms with Crippen molar-refractivity contribution >= 4 is 108 Å². The first kappa shape index (κ1) is 70.9. The minimum atomic E-state index is 0.631. The monoisotopic (exact) mass is 1550 g/mol. The van der Waals surface area contributed by atoms with E-state index < -0.39 is 0 Å². The summed E-state index contributed by atoms with van der Waals surface area (Å²) in [5.74, 6) is 3.82. The highest BCUT2D eigenvalue weighted by Gasteiger charge is 2.25. The molecule has 0 unspecified atom stereocenters. The molecule has 0 aliphatic rings. The number of nitrogens with zero attached hydrogens (tertiary/aromatic N) is 8. The molecule has 0 aliphatic heterocycles. The van der Waals surface area contributed by atoms with Gasteiger partial charge < -0.3 is 9.13 Å². The molecule has 0 spiro atoms. The fourth-order valence-electron chi connectivity index (χ4n) is 18.4. The van der Waals surface area contributed by atoms with Crippen molar-refractivity contribution in [1.82, 2.24) is 39.0 Å². The topological polar surface area (TPSA) is 87.2 Å². The van der Waals surface area contributed by atoms with E-state index >= 15 is 0 Å². The Balaban J connectivity index is 0.000000142.